The van der Waals surface area contributed by atoms with Gasteiger partial charge in [0.05, 0.1) is 0 Å². The highest BCUT2D eigenvalue weighted by molar-refractivity contribution is 5.48. The molecule has 0 aliphatic carbocycles. The summed E-state index contributed by atoms with van der Waals surface area (Å²) in [7, 11) is 1.95. The van der Waals surface area contributed by atoms with Crippen molar-refractivity contribution in [3.63, 3.8) is 0 Å². The number of benzene rings is 1. The fourth-order valence-electron chi connectivity index (χ4n) is 2.08. The first-order chi connectivity index (χ1) is 9.83. The first kappa shape index (κ1) is 15.3. The van der Waals surface area contributed by atoms with Crippen molar-refractivity contribution >= 4 is 11.6 Å². The van der Waals surface area contributed by atoms with Crippen molar-refractivity contribution in [3.8, 4) is 0 Å². The second-order valence-corrected chi connectivity index (χ2v) is 6.24. The zero-order valence-corrected chi connectivity index (χ0v) is 13.0. The van der Waals surface area contributed by atoms with Crippen LogP contribution in [-0.2, 0) is 6.54 Å². The van der Waals surface area contributed by atoms with Crippen LogP contribution in [0.15, 0.2) is 42.5 Å². The van der Waals surface area contributed by atoms with Crippen LogP contribution >= 0.6 is 0 Å². The van der Waals surface area contributed by atoms with Crippen molar-refractivity contribution in [3.05, 3.63) is 53.8 Å². The van der Waals surface area contributed by atoms with Gasteiger partial charge >= 0.3 is 0 Å². The van der Waals surface area contributed by atoms with E-state index in [0.717, 1.165) is 17.2 Å². The summed E-state index contributed by atoms with van der Waals surface area (Å²) in [5.41, 5.74) is 0.890. The topological polar surface area (TPSA) is 28.2 Å². The molecule has 3 nitrogen and oxygen atoms in total. The molecule has 0 aliphatic rings. The summed E-state index contributed by atoms with van der Waals surface area (Å²) in [5.74, 6) is 1.48. The predicted molar refractivity (Wildman–Crippen MR) is 86.1 cm³/mol. The number of hydrogen-bond donors (Lipinski definition) is 1. The van der Waals surface area contributed by atoms with Crippen molar-refractivity contribution < 1.29 is 4.39 Å². The van der Waals surface area contributed by atoms with Crippen LogP contribution in [0.4, 0.5) is 16.0 Å². The Hall–Kier alpha value is -2.10. The third-order valence-electron chi connectivity index (χ3n) is 2.94. The molecule has 1 aromatic heterocycles. The Morgan fingerprint density at radius 3 is 2.52 bits per heavy atom. The molecule has 0 fully saturated rings. The normalized spacial score (nSPS) is 11.3. The zero-order chi connectivity index (χ0) is 15.5. The minimum atomic E-state index is -0.211. The van der Waals surface area contributed by atoms with E-state index in [-0.39, 0.29) is 11.4 Å². The van der Waals surface area contributed by atoms with E-state index >= 15 is 0 Å². The van der Waals surface area contributed by atoms with Gasteiger partial charge in [-0.05, 0) is 50.6 Å². The zero-order valence-electron chi connectivity index (χ0n) is 13.0. The summed E-state index contributed by atoms with van der Waals surface area (Å²) in [6.07, 6.45) is 0. The number of hydrogen-bond acceptors (Lipinski definition) is 3. The van der Waals surface area contributed by atoms with Crippen LogP contribution in [0.25, 0.3) is 0 Å². The van der Waals surface area contributed by atoms with Crippen molar-refractivity contribution in [1.29, 1.82) is 0 Å². The molecular weight excluding hydrogens is 265 g/mol. The van der Waals surface area contributed by atoms with Gasteiger partial charge in [-0.3, -0.25) is 0 Å². The van der Waals surface area contributed by atoms with Gasteiger partial charge in [0.25, 0.3) is 0 Å². The Balaban J connectivity index is 2.12. The highest BCUT2D eigenvalue weighted by Gasteiger charge is 2.11. The molecule has 0 unspecified atom stereocenters. The van der Waals surface area contributed by atoms with Crippen molar-refractivity contribution in [2.45, 2.75) is 32.9 Å². The average molecular weight is 287 g/mol. The Morgan fingerprint density at radius 2 is 1.86 bits per heavy atom. The van der Waals surface area contributed by atoms with E-state index in [2.05, 4.69) is 31.1 Å². The molecule has 112 valence electrons. The number of nitrogens with one attached hydrogen (secondary N) is 1. The van der Waals surface area contributed by atoms with E-state index in [1.54, 1.807) is 12.1 Å². The van der Waals surface area contributed by atoms with Crippen molar-refractivity contribution in [2.24, 2.45) is 0 Å². The molecule has 4 heteroatoms. The van der Waals surface area contributed by atoms with Crippen molar-refractivity contribution in [2.75, 3.05) is 17.3 Å². The van der Waals surface area contributed by atoms with Crippen LogP contribution in [0.1, 0.15) is 26.3 Å². The highest BCUT2D eigenvalue weighted by Crippen LogP contribution is 2.18. The molecule has 0 spiro atoms. The molecule has 0 saturated carbocycles. The number of aromatic nitrogens is 1. The lowest BCUT2D eigenvalue weighted by atomic mass is 10.1. The number of rotatable bonds is 4. The smallest absolute Gasteiger partial charge is 0.130 e. The second kappa shape index (κ2) is 6.12. The first-order valence-electron chi connectivity index (χ1n) is 7.04. The number of nitrogens with zero attached hydrogens (tertiary/aromatic N) is 2. The summed E-state index contributed by atoms with van der Waals surface area (Å²) in [6, 6.07) is 12.5. The van der Waals surface area contributed by atoms with Gasteiger partial charge in [-0.15, -0.1) is 0 Å². The molecule has 1 heterocycles. The quantitative estimate of drug-likeness (QED) is 0.919. The fraction of sp³-hybridized carbons (Fsp3) is 0.353. The Bertz CT molecular complexity index is 605. The van der Waals surface area contributed by atoms with Gasteiger partial charge < -0.3 is 10.2 Å². The van der Waals surface area contributed by atoms with Crippen LogP contribution in [0.2, 0.25) is 0 Å². The van der Waals surface area contributed by atoms with Crippen LogP contribution in [0.5, 0.6) is 0 Å². The molecular formula is C17H22FN3. The van der Waals surface area contributed by atoms with Crippen LogP contribution in [-0.4, -0.2) is 17.6 Å². The SMILES string of the molecule is CN(Cc1cccc(F)c1)c1cccc(NC(C)(C)C)n1. The van der Waals surface area contributed by atoms with Gasteiger partial charge in [0, 0.05) is 19.1 Å². The third-order valence-corrected chi connectivity index (χ3v) is 2.94. The lowest BCUT2D eigenvalue weighted by Gasteiger charge is -2.23. The van der Waals surface area contributed by atoms with Crippen LogP contribution in [0, 0.1) is 5.82 Å². The summed E-state index contributed by atoms with van der Waals surface area (Å²) < 4.78 is 13.2. The van der Waals surface area contributed by atoms with Gasteiger partial charge in [0.2, 0.25) is 0 Å². The van der Waals surface area contributed by atoms with Gasteiger partial charge in [-0.1, -0.05) is 18.2 Å². The standard InChI is InChI=1S/C17H22FN3/c1-17(2,3)20-15-9-6-10-16(19-15)21(4)12-13-7-5-8-14(18)11-13/h5-11H,12H2,1-4H3,(H,19,20). The maximum absolute atomic E-state index is 13.2. The van der Waals surface area contributed by atoms with Gasteiger partial charge in [-0.25, -0.2) is 9.37 Å². The third kappa shape index (κ3) is 4.74. The molecule has 0 radical (unpaired) electrons. The molecule has 2 rings (SSSR count). The van der Waals surface area contributed by atoms with E-state index in [1.165, 1.54) is 6.07 Å². The monoisotopic (exact) mass is 287 g/mol. The first-order valence-corrected chi connectivity index (χ1v) is 7.04. The van der Waals surface area contributed by atoms with Gasteiger partial charge in [0.1, 0.15) is 17.5 Å². The lowest BCUT2D eigenvalue weighted by Crippen LogP contribution is -2.27. The summed E-state index contributed by atoms with van der Waals surface area (Å²) >= 11 is 0. The molecule has 0 bridgehead atoms. The van der Waals surface area contributed by atoms with Crippen LogP contribution in [0.3, 0.4) is 0 Å². The minimum absolute atomic E-state index is 0.0350. The largest absolute Gasteiger partial charge is 0.365 e. The Kier molecular flexibility index (Phi) is 4.46. The average Bonchev–Trinajstić information content (AvgIpc) is 2.37. The summed E-state index contributed by atoms with van der Waals surface area (Å²) in [5, 5.41) is 3.35. The summed E-state index contributed by atoms with van der Waals surface area (Å²) in [6.45, 7) is 6.90. The Labute approximate surface area is 125 Å². The predicted octanol–water partition coefficient (Wildman–Crippen LogP) is 4.07. The molecule has 0 saturated heterocycles. The second-order valence-electron chi connectivity index (χ2n) is 6.24. The molecule has 0 atom stereocenters. The van der Waals surface area contributed by atoms with E-state index < -0.39 is 0 Å². The lowest BCUT2D eigenvalue weighted by molar-refractivity contribution is 0.624. The maximum Gasteiger partial charge on any atom is 0.130 e. The fourth-order valence-corrected chi connectivity index (χ4v) is 2.08. The maximum atomic E-state index is 13.2. The van der Waals surface area contributed by atoms with E-state index in [0.29, 0.717) is 6.54 Å². The van der Waals surface area contributed by atoms with Gasteiger partial charge in [0.15, 0.2) is 0 Å². The van der Waals surface area contributed by atoms with Crippen molar-refractivity contribution in [1.82, 2.24) is 4.98 Å². The Morgan fingerprint density at radius 1 is 1.14 bits per heavy atom. The molecule has 2 aromatic rings. The van der Waals surface area contributed by atoms with Crippen LogP contribution < -0.4 is 10.2 Å². The highest BCUT2D eigenvalue weighted by atomic mass is 19.1. The molecule has 0 aliphatic heterocycles. The number of anilines is 2. The summed E-state index contributed by atoms with van der Waals surface area (Å²) in [4.78, 5) is 6.60. The molecule has 21 heavy (non-hydrogen) atoms. The van der Waals surface area contributed by atoms with E-state index in [1.807, 2.05) is 36.2 Å². The van der Waals surface area contributed by atoms with E-state index in [4.69, 9.17) is 0 Å². The number of pyridine rings is 1. The van der Waals surface area contributed by atoms with E-state index in [9.17, 15) is 4.39 Å². The van der Waals surface area contributed by atoms with Gasteiger partial charge in [-0.2, -0.15) is 0 Å². The minimum Gasteiger partial charge on any atom is -0.365 e. The molecule has 1 N–H and O–H groups in total. The molecule has 0 amide bonds. The number of halogens is 1. The molecule has 1 aromatic carbocycles.